The summed E-state index contributed by atoms with van der Waals surface area (Å²) >= 11 is 6.12. The monoisotopic (exact) mass is 513 g/mol. The van der Waals surface area contributed by atoms with Crippen LogP contribution in [-0.2, 0) is 13.8 Å². The Bertz CT molecular complexity index is 1260. The van der Waals surface area contributed by atoms with Gasteiger partial charge < -0.3 is 23.8 Å². The summed E-state index contributed by atoms with van der Waals surface area (Å²) in [6.07, 6.45) is -3.58. The molecule has 0 aliphatic carbocycles. The van der Waals surface area contributed by atoms with E-state index < -0.39 is 38.5 Å². The number of benzene rings is 1. The van der Waals surface area contributed by atoms with Gasteiger partial charge in [0.25, 0.3) is 0 Å². The summed E-state index contributed by atoms with van der Waals surface area (Å²) < 4.78 is 51.7. The highest BCUT2D eigenvalue weighted by atomic mass is 35.5. The molecule has 1 saturated heterocycles. The number of phosphoric acid groups is 1. The lowest BCUT2D eigenvalue weighted by atomic mass is 9.99. The first-order chi connectivity index (χ1) is 16.2. The summed E-state index contributed by atoms with van der Waals surface area (Å²) in [5.74, 6) is 1.14. The van der Waals surface area contributed by atoms with Crippen LogP contribution in [0.1, 0.15) is 12.1 Å². The number of fused-ring (bicyclic) bond motifs is 2. The second-order valence-electron chi connectivity index (χ2n) is 8.26. The molecule has 2 aliphatic heterocycles. The molecular weight excluding hydrogens is 492 g/mol. The van der Waals surface area contributed by atoms with Gasteiger partial charge in [0, 0.05) is 14.1 Å². The summed E-state index contributed by atoms with van der Waals surface area (Å²) in [7, 11) is -0.461. The van der Waals surface area contributed by atoms with Crippen LogP contribution in [0.4, 0.5) is 10.2 Å². The van der Waals surface area contributed by atoms with Gasteiger partial charge in [-0.2, -0.15) is 0 Å². The molecule has 182 valence electrons. The zero-order valence-corrected chi connectivity index (χ0v) is 20.1. The Morgan fingerprint density at radius 1 is 1.29 bits per heavy atom. The molecule has 1 aromatic carbocycles. The van der Waals surface area contributed by atoms with E-state index in [-0.39, 0.29) is 17.4 Å². The summed E-state index contributed by atoms with van der Waals surface area (Å²) in [5.41, 5.74) is -0.975. The Kier molecular flexibility index (Phi) is 5.69. The van der Waals surface area contributed by atoms with E-state index in [4.69, 9.17) is 29.9 Å². The highest BCUT2D eigenvalue weighted by molar-refractivity contribution is 7.49. The van der Waals surface area contributed by atoms with Crippen LogP contribution in [0, 0.1) is 6.92 Å². The first-order valence-electron chi connectivity index (χ1n) is 10.3. The number of rotatable bonds is 6. The number of para-hydroxylation sites is 2. The number of halogens is 2. The molecule has 11 nitrogen and oxygen atoms in total. The number of aliphatic hydroxyl groups is 1. The molecule has 4 heterocycles. The van der Waals surface area contributed by atoms with E-state index in [1.165, 1.54) is 10.9 Å². The van der Waals surface area contributed by atoms with Gasteiger partial charge in [0.2, 0.25) is 0 Å². The van der Waals surface area contributed by atoms with Crippen LogP contribution in [-0.4, -0.2) is 69.1 Å². The number of hydrogen-bond acceptors (Lipinski definition) is 10. The van der Waals surface area contributed by atoms with Crippen molar-refractivity contribution >= 4 is 36.4 Å². The highest BCUT2D eigenvalue weighted by Crippen LogP contribution is 2.59. The molecule has 0 bridgehead atoms. The van der Waals surface area contributed by atoms with Gasteiger partial charge in [-0.1, -0.05) is 12.1 Å². The van der Waals surface area contributed by atoms with Crippen LogP contribution in [0.25, 0.3) is 11.2 Å². The standard InChI is InChI=1S/C20H22ClFN5O6P/c1-11-24-17(26(2)3)15-18(25-11)27(10-23-15)19-14(22)16(28)20(8-21,31-19)9-30-34(29)32-12-6-4-5-7-13(12)33-34/h4-7,10,14,16,19,28H,8-9H2,1-3H3/t14-,16+,19-,20-/m1/s1. The van der Waals surface area contributed by atoms with Gasteiger partial charge >= 0.3 is 7.82 Å². The van der Waals surface area contributed by atoms with Crippen molar-refractivity contribution in [3.8, 4) is 11.5 Å². The maximum absolute atomic E-state index is 15.4. The first-order valence-corrected chi connectivity index (χ1v) is 12.3. The predicted octanol–water partition coefficient (Wildman–Crippen LogP) is 3.00. The van der Waals surface area contributed by atoms with Crippen molar-refractivity contribution in [3.05, 3.63) is 36.4 Å². The second kappa shape index (κ2) is 8.31. The number of hydrogen-bond donors (Lipinski definition) is 1. The fourth-order valence-electron chi connectivity index (χ4n) is 3.91. The van der Waals surface area contributed by atoms with E-state index in [1.807, 2.05) is 0 Å². The van der Waals surface area contributed by atoms with Gasteiger partial charge in [0.1, 0.15) is 17.5 Å². The number of aryl methyl sites for hydroxylation is 1. The Morgan fingerprint density at radius 3 is 2.59 bits per heavy atom. The van der Waals surface area contributed by atoms with Crippen LogP contribution in [0.2, 0.25) is 0 Å². The van der Waals surface area contributed by atoms with Gasteiger partial charge in [0.15, 0.2) is 40.9 Å². The van der Waals surface area contributed by atoms with Crippen molar-refractivity contribution in [2.75, 3.05) is 31.5 Å². The number of ether oxygens (including phenoxy) is 1. The van der Waals surface area contributed by atoms with Gasteiger partial charge in [-0.05, 0) is 19.1 Å². The predicted molar refractivity (Wildman–Crippen MR) is 120 cm³/mol. The van der Waals surface area contributed by atoms with Crippen LogP contribution >= 0.6 is 19.4 Å². The average Bonchev–Trinajstić information content (AvgIpc) is 3.45. The van der Waals surface area contributed by atoms with E-state index in [9.17, 15) is 9.67 Å². The highest BCUT2D eigenvalue weighted by Gasteiger charge is 2.57. The smallest absolute Gasteiger partial charge is 0.391 e. The molecule has 2 aliphatic rings. The maximum atomic E-state index is 15.4. The lowest BCUT2D eigenvalue weighted by molar-refractivity contribution is -0.110. The largest absolute Gasteiger partial charge is 0.587 e. The number of nitrogens with zero attached hydrogens (tertiary/aromatic N) is 5. The van der Waals surface area contributed by atoms with E-state index in [2.05, 4.69) is 15.0 Å². The van der Waals surface area contributed by atoms with Crippen LogP contribution in [0.5, 0.6) is 11.5 Å². The van der Waals surface area contributed by atoms with Crippen molar-refractivity contribution < 1.29 is 32.4 Å². The summed E-state index contributed by atoms with van der Waals surface area (Å²) in [5, 5.41) is 10.8. The van der Waals surface area contributed by atoms with E-state index >= 15 is 4.39 Å². The Balaban J connectivity index is 1.42. The van der Waals surface area contributed by atoms with Crippen molar-refractivity contribution in [1.82, 2.24) is 19.5 Å². The maximum Gasteiger partial charge on any atom is 0.587 e. The molecule has 2 aromatic heterocycles. The number of imidazole rings is 1. The SMILES string of the molecule is Cc1nc(N(C)C)c2ncn([C@@H]3O[C@](CCl)(COP4(=O)Oc5ccccc5O4)[C@@H](O)[C@H]3F)c2n1. The molecule has 0 radical (unpaired) electrons. The molecule has 0 amide bonds. The molecule has 0 spiro atoms. The van der Waals surface area contributed by atoms with E-state index in [0.29, 0.717) is 22.8 Å². The average molecular weight is 514 g/mol. The normalized spacial score (nSPS) is 27.4. The summed E-state index contributed by atoms with van der Waals surface area (Å²) in [6.45, 7) is 1.15. The topological polar surface area (TPSA) is 121 Å². The zero-order chi connectivity index (χ0) is 24.3. The van der Waals surface area contributed by atoms with Crippen molar-refractivity contribution in [2.45, 2.75) is 31.0 Å². The lowest BCUT2D eigenvalue weighted by Gasteiger charge is -2.29. The number of phosphoric ester groups is 1. The molecule has 1 N–H and O–H groups in total. The van der Waals surface area contributed by atoms with Crippen LogP contribution < -0.4 is 13.9 Å². The summed E-state index contributed by atoms with van der Waals surface area (Å²) in [6, 6.07) is 6.51. The van der Waals surface area contributed by atoms with Crippen molar-refractivity contribution in [1.29, 1.82) is 0 Å². The zero-order valence-electron chi connectivity index (χ0n) is 18.5. The molecule has 14 heteroatoms. The molecule has 0 saturated carbocycles. The third kappa shape index (κ3) is 3.70. The number of anilines is 1. The van der Waals surface area contributed by atoms with Gasteiger partial charge in [-0.15, -0.1) is 11.6 Å². The van der Waals surface area contributed by atoms with Gasteiger partial charge in [0.05, 0.1) is 18.8 Å². The Morgan fingerprint density at radius 2 is 1.97 bits per heavy atom. The number of alkyl halides is 2. The molecular formula is C20H22ClFN5O6P. The van der Waals surface area contributed by atoms with E-state index in [0.717, 1.165) is 0 Å². The second-order valence-corrected chi connectivity index (χ2v) is 10.0. The third-order valence-corrected chi connectivity index (χ3v) is 7.38. The Labute approximate surface area is 199 Å². The molecule has 34 heavy (non-hydrogen) atoms. The molecule has 3 aromatic rings. The van der Waals surface area contributed by atoms with Gasteiger partial charge in [-0.3, -0.25) is 9.09 Å². The molecule has 1 fully saturated rings. The van der Waals surface area contributed by atoms with Crippen LogP contribution in [0.15, 0.2) is 30.6 Å². The number of aromatic nitrogens is 4. The Hall–Kier alpha value is -2.50. The van der Waals surface area contributed by atoms with E-state index in [1.54, 1.807) is 50.2 Å². The fourth-order valence-corrected chi connectivity index (χ4v) is 5.51. The fraction of sp³-hybridized carbons (Fsp3) is 0.450. The van der Waals surface area contributed by atoms with Gasteiger partial charge in [-0.25, -0.2) is 23.9 Å². The minimum atomic E-state index is -4.07. The minimum absolute atomic E-state index is 0.247. The quantitative estimate of drug-likeness (QED) is 0.389. The van der Waals surface area contributed by atoms with Crippen molar-refractivity contribution in [3.63, 3.8) is 0 Å². The molecule has 4 atom stereocenters. The summed E-state index contributed by atoms with van der Waals surface area (Å²) in [4.78, 5) is 14.8. The lowest BCUT2D eigenvalue weighted by Crippen LogP contribution is -2.47. The molecule has 0 unspecified atom stereocenters. The third-order valence-electron chi connectivity index (χ3n) is 5.64. The van der Waals surface area contributed by atoms with Crippen molar-refractivity contribution in [2.24, 2.45) is 0 Å². The molecule has 5 rings (SSSR count). The minimum Gasteiger partial charge on any atom is -0.391 e. The first kappa shape index (κ1) is 23.3. The number of aliphatic hydroxyl groups excluding tert-OH is 1. The van der Waals surface area contributed by atoms with Crippen LogP contribution in [0.3, 0.4) is 0 Å².